The average Bonchev–Trinajstić information content (AvgIpc) is 2.37. The summed E-state index contributed by atoms with van der Waals surface area (Å²) in [5, 5.41) is 8.84. The Balaban J connectivity index is 2.60. The lowest BCUT2D eigenvalue weighted by Crippen LogP contribution is -2.15. The summed E-state index contributed by atoms with van der Waals surface area (Å²) in [5.41, 5.74) is 2.02. The number of aryl methyl sites for hydroxylation is 1. The van der Waals surface area contributed by atoms with Gasteiger partial charge in [0.25, 0.3) is 0 Å². The van der Waals surface area contributed by atoms with Crippen LogP contribution >= 0.6 is 0 Å². The van der Waals surface area contributed by atoms with Gasteiger partial charge in [-0.25, -0.2) is 4.79 Å². The van der Waals surface area contributed by atoms with Gasteiger partial charge in [-0.15, -0.1) is 0 Å². The van der Waals surface area contributed by atoms with E-state index in [4.69, 9.17) is 5.11 Å². The van der Waals surface area contributed by atoms with Crippen molar-refractivity contribution in [2.45, 2.75) is 52.9 Å². The molecule has 1 atom stereocenters. The van der Waals surface area contributed by atoms with E-state index in [1.54, 1.807) is 12.1 Å². The van der Waals surface area contributed by atoms with Crippen LogP contribution in [0.2, 0.25) is 0 Å². The highest BCUT2D eigenvalue weighted by molar-refractivity contribution is 5.87. The molecule has 18 heavy (non-hydrogen) atoms. The summed E-state index contributed by atoms with van der Waals surface area (Å²) in [7, 11) is 0. The van der Waals surface area contributed by atoms with Crippen LogP contribution in [0.3, 0.4) is 0 Å². The molecule has 0 heterocycles. The molecule has 1 unspecified atom stereocenters. The van der Waals surface area contributed by atoms with Gasteiger partial charge in [0.2, 0.25) is 0 Å². The Morgan fingerprint density at radius 3 is 2.22 bits per heavy atom. The summed E-state index contributed by atoms with van der Waals surface area (Å²) in [6.45, 7) is 6.83. The lowest BCUT2D eigenvalue weighted by Gasteiger charge is -2.27. The number of aromatic carboxylic acids is 1. The standard InChI is InChI=1S/C16H24O2/c1-4-11-16(3,5-2)12-10-13-6-8-14(9-7-13)15(17)18/h6-9H,4-5,10-12H2,1-3H3,(H,17,18). The molecule has 1 aromatic carbocycles. The van der Waals surface area contributed by atoms with Crippen molar-refractivity contribution < 1.29 is 9.90 Å². The van der Waals surface area contributed by atoms with Gasteiger partial charge >= 0.3 is 5.97 Å². The highest BCUT2D eigenvalue weighted by Gasteiger charge is 2.20. The maximum absolute atomic E-state index is 10.8. The SMILES string of the molecule is CCCC(C)(CC)CCc1ccc(C(=O)O)cc1. The molecule has 2 heteroatoms. The van der Waals surface area contributed by atoms with Crippen LogP contribution in [0.1, 0.15) is 62.4 Å². The maximum atomic E-state index is 10.8. The molecule has 1 N–H and O–H groups in total. The molecule has 0 aliphatic rings. The minimum absolute atomic E-state index is 0.366. The quantitative estimate of drug-likeness (QED) is 0.769. The molecule has 0 radical (unpaired) electrons. The van der Waals surface area contributed by atoms with Gasteiger partial charge in [-0.1, -0.05) is 45.7 Å². The van der Waals surface area contributed by atoms with Gasteiger partial charge in [0, 0.05) is 0 Å². The number of carbonyl (C=O) groups is 1. The third-order valence-electron chi connectivity index (χ3n) is 3.93. The van der Waals surface area contributed by atoms with E-state index in [1.165, 1.54) is 31.2 Å². The number of hydrogen-bond acceptors (Lipinski definition) is 1. The third kappa shape index (κ3) is 4.17. The molecule has 100 valence electrons. The zero-order valence-electron chi connectivity index (χ0n) is 11.7. The molecule has 0 aliphatic heterocycles. The van der Waals surface area contributed by atoms with E-state index >= 15 is 0 Å². The van der Waals surface area contributed by atoms with E-state index in [-0.39, 0.29) is 0 Å². The van der Waals surface area contributed by atoms with Gasteiger partial charge < -0.3 is 5.11 Å². The van der Waals surface area contributed by atoms with E-state index in [0.717, 1.165) is 6.42 Å². The Hall–Kier alpha value is -1.31. The molecule has 0 saturated carbocycles. The second-order valence-electron chi connectivity index (χ2n) is 5.42. The minimum atomic E-state index is -0.856. The highest BCUT2D eigenvalue weighted by atomic mass is 16.4. The normalized spacial score (nSPS) is 14.2. The van der Waals surface area contributed by atoms with E-state index in [0.29, 0.717) is 11.0 Å². The molecule has 1 aromatic rings. The Kier molecular flexibility index (Phi) is 5.39. The van der Waals surface area contributed by atoms with Crippen LogP contribution in [0.5, 0.6) is 0 Å². The largest absolute Gasteiger partial charge is 0.478 e. The van der Waals surface area contributed by atoms with Crippen molar-refractivity contribution in [3.8, 4) is 0 Å². The zero-order valence-corrected chi connectivity index (χ0v) is 11.7. The monoisotopic (exact) mass is 248 g/mol. The first kappa shape index (κ1) is 14.7. The van der Waals surface area contributed by atoms with Gasteiger partial charge in [0.05, 0.1) is 5.56 Å². The van der Waals surface area contributed by atoms with Crippen LogP contribution in [-0.2, 0) is 6.42 Å². The van der Waals surface area contributed by atoms with Crippen LogP contribution in [0.15, 0.2) is 24.3 Å². The molecule has 1 rings (SSSR count). The fourth-order valence-corrected chi connectivity index (χ4v) is 2.34. The molecule has 0 saturated heterocycles. The van der Waals surface area contributed by atoms with Crippen molar-refractivity contribution >= 4 is 5.97 Å². The maximum Gasteiger partial charge on any atom is 0.335 e. The van der Waals surface area contributed by atoms with Crippen LogP contribution < -0.4 is 0 Å². The topological polar surface area (TPSA) is 37.3 Å². The molecule has 0 bridgehead atoms. The van der Waals surface area contributed by atoms with Gasteiger partial charge in [-0.3, -0.25) is 0 Å². The smallest absolute Gasteiger partial charge is 0.335 e. The summed E-state index contributed by atoms with van der Waals surface area (Å²) in [4.78, 5) is 10.8. The number of carboxylic acid groups (broad SMARTS) is 1. The predicted molar refractivity (Wildman–Crippen MR) is 75.0 cm³/mol. The highest BCUT2D eigenvalue weighted by Crippen LogP contribution is 2.32. The molecule has 0 aliphatic carbocycles. The lowest BCUT2D eigenvalue weighted by atomic mass is 9.78. The second kappa shape index (κ2) is 6.58. The fourth-order valence-electron chi connectivity index (χ4n) is 2.34. The van der Waals surface area contributed by atoms with Crippen LogP contribution in [0.25, 0.3) is 0 Å². The molecule has 0 aromatic heterocycles. The summed E-state index contributed by atoms with van der Waals surface area (Å²) in [5.74, 6) is -0.856. The van der Waals surface area contributed by atoms with Crippen molar-refractivity contribution in [2.75, 3.05) is 0 Å². The van der Waals surface area contributed by atoms with Crippen molar-refractivity contribution in [3.05, 3.63) is 35.4 Å². The predicted octanol–water partition coefficient (Wildman–Crippen LogP) is 4.53. The second-order valence-corrected chi connectivity index (χ2v) is 5.42. The molecule has 0 fully saturated rings. The van der Waals surface area contributed by atoms with Crippen molar-refractivity contribution in [1.82, 2.24) is 0 Å². The van der Waals surface area contributed by atoms with Crippen LogP contribution in [-0.4, -0.2) is 11.1 Å². The molecule has 2 nitrogen and oxygen atoms in total. The van der Waals surface area contributed by atoms with E-state index in [9.17, 15) is 4.79 Å². The summed E-state index contributed by atoms with van der Waals surface area (Å²) < 4.78 is 0. The number of rotatable bonds is 7. The van der Waals surface area contributed by atoms with Gasteiger partial charge in [-0.05, 0) is 42.4 Å². The molecule has 0 spiro atoms. The van der Waals surface area contributed by atoms with Crippen LogP contribution in [0, 0.1) is 5.41 Å². The van der Waals surface area contributed by atoms with Crippen molar-refractivity contribution in [2.24, 2.45) is 5.41 Å². The molecular formula is C16H24O2. The first-order chi connectivity index (χ1) is 8.50. The van der Waals surface area contributed by atoms with Gasteiger partial charge in [0.15, 0.2) is 0 Å². The Bertz CT molecular complexity index is 381. The van der Waals surface area contributed by atoms with E-state index in [2.05, 4.69) is 20.8 Å². The fraction of sp³-hybridized carbons (Fsp3) is 0.562. The molecule has 0 amide bonds. The molecular weight excluding hydrogens is 224 g/mol. The van der Waals surface area contributed by atoms with E-state index in [1.807, 2.05) is 12.1 Å². The number of benzene rings is 1. The van der Waals surface area contributed by atoms with Gasteiger partial charge in [-0.2, -0.15) is 0 Å². The Morgan fingerprint density at radius 2 is 1.78 bits per heavy atom. The minimum Gasteiger partial charge on any atom is -0.478 e. The first-order valence-electron chi connectivity index (χ1n) is 6.83. The Morgan fingerprint density at radius 1 is 1.17 bits per heavy atom. The van der Waals surface area contributed by atoms with Crippen LogP contribution in [0.4, 0.5) is 0 Å². The third-order valence-corrected chi connectivity index (χ3v) is 3.93. The number of carboxylic acids is 1. The summed E-state index contributed by atoms with van der Waals surface area (Å²) in [6, 6.07) is 7.26. The van der Waals surface area contributed by atoms with Crippen molar-refractivity contribution in [1.29, 1.82) is 0 Å². The lowest BCUT2D eigenvalue weighted by molar-refractivity contribution is 0.0697. The average molecular weight is 248 g/mol. The van der Waals surface area contributed by atoms with Gasteiger partial charge in [0.1, 0.15) is 0 Å². The summed E-state index contributed by atoms with van der Waals surface area (Å²) in [6.07, 6.45) is 5.89. The first-order valence-corrected chi connectivity index (χ1v) is 6.83. The summed E-state index contributed by atoms with van der Waals surface area (Å²) >= 11 is 0. The Labute approximate surface area is 110 Å². The van der Waals surface area contributed by atoms with E-state index < -0.39 is 5.97 Å². The number of hydrogen-bond donors (Lipinski definition) is 1. The van der Waals surface area contributed by atoms with Crippen molar-refractivity contribution in [3.63, 3.8) is 0 Å². The zero-order chi connectivity index (χ0) is 13.6.